The van der Waals surface area contributed by atoms with Crippen LogP contribution in [0.25, 0.3) is 21.0 Å². The van der Waals surface area contributed by atoms with Crippen LogP contribution in [0, 0.1) is 11.3 Å². The number of carbonyl (C=O) groups excluding carboxylic acids is 1. The standard InChI is InChI=1S/C33H32N2O2S2/c1-33(2,3)25-15-16-26-28(18-25)39-30-29(26)31(37)35(19-21-9-5-4-6-10-21)32(34-30)38-20-27(36)24-14-13-22-11-7-8-12-23(22)17-24/h4-14,17,25H,15-16,18-20H2,1-3H3/t25-/m0/s1. The number of rotatable bonds is 6. The Morgan fingerprint density at radius 3 is 2.54 bits per heavy atom. The molecule has 0 fully saturated rings. The zero-order chi connectivity index (χ0) is 27.1. The van der Waals surface area contributed by atoms with Gasteiger partial charge < -0.3 is 0 Å². The van der Waals surface area contributed by atoms with Crippen LogP contribution < -0.4 is 5.56 Å². The Hall–Kier alpha value is -3.22. The maximum absolute atomic E-state index is 14.1. The third-order valence-corrected chi connectivity index (χ3v) is 10.1. The molecule has 4 nitrogen and oxygen atoms in total. The van der Waals surface area contributed by atoms with E-state index in [2.05, 4.69) is 20.8 Å². The molecule has 1 aliphatic carbocycles. The van der Waals surface area contributed by atoms with Gasteiger partial charge in [0.1, 0.15) is 4.83 Å². The van der Waals surface area contributed by atoms with E-state index in [1.54, 1.807) is 15.9 Å². The molecule has 198 valence electrons. The van der Waals surface area contributed by atoms with Crippen molar-refractivity contribution >= 4 is 49.9 Å². The Morgan fingerprint density at radius 1 is 1.03 bits per heavy atom. The second-order valence-electron chi connectivity index (χ2n) is 11.5. The zero-order valence-electron chi connectivity index (χ0n) is 22.6. The lowest BCUT2D eigenvalue weighted by Gasteiger charge is -2.33. The molecule has 0 bridgehead atoms. The Morgan fingerprint density at radius 2 is 1.77 bits per heavy atom. The molecule has 1 atom stereocenters. The fourth-order valence-corrected chi connectivity index (χ4v) is 7.80. The smallest absolute Gasteiger partial charge is 0.263 e. The van der Waals surface area contributed by atoms with Crippen molar-refractivity contribution in [2.45, 2.75) is 51.7 Å². The summed E-state index contributed by atoms with van der Waals surface area (Å²) in [6, 6.07) is 23.9. The first-order valence-electron chi connectivity index (χ1n) is 13.5. The molecule has 2 heterocycles. The van der Waals surface area contributed by atoms with Gasteiger partial charge in [-0.05, 0) is 58.6 Å². The van der Waals surface area contributed by atoms with Gasteiger partial charge in [-0.3, -0.25) is 14.2 Å². The van der Waals surface area contributed by atoms with E-state index < -0.39 is 0 Å². The lowest BCUT2D eigenvalue weighted by molar-refractivity contribution is 0.102. The van der Waals surface area contributed by atoms with Crippen molar-refractivity contribution in [3.8, 4) is 0 Å². The van der Waals surface area contributed by atoms with Crippen molar-refractivity contribution in [3.63, 3.8) is 0 Å². The molecular formula is C33H32N2O2S2. The van der Waals surface area contributed by atoms with Gasteiger partial charge in [-0.2, -0.15) is 0 Å². The summed E-state index contributed by atoms with van der Waals surface area (Å²) >= 11 is 3.04. The number of nitrogens with zero attached hydrogens (tertiary/aromatic N) is 2. The summed E-state index contributed by atoms with van der Waals surface area (Å²) in [5.74, 6) is 0.852. The van der Waals surface area contributed by atoms with Crippen molar-refractivity contribution in [3.05, 3.63) is 105 Å². The monoisotopic (exact) mass is 552 g/mol. The maximum atomic E-state index is 14.1. The van der Waals surface area contributed by atoms with Crippen molar-refractivity contribution in [2.75, 3.05) is 5.75 Å². The van der Waals surface area contributed by atoms with Crippen molar-refractivity contribution in [1.82, 2.24) is 9.55 Å². The molecule has 0 N–H and O–H groups in total. The number of benzene rings is 3. The van der Waals surface area contributed by atoms with Crippen LogP contribution in [0.1, 0.15) is 53.6 Å². The fraction of sp³-hybridized carbons (Fsp3) is 0.303. The Balaban J connectivity index is 1.36. The molecule has 0 aliphatic heterocycles. The highest BCUT2D eigenvalue weighted by atomic mass is 32.2. The average Bonchev–Trinajstić information content (AvgIpc) is 3.31. The van der Waals surface area contributed by atoms with Gasteiger partial charge in [0.25, 0.3) is 5.56 Å². The number of Topliss-reactive ketones (excluding diaryl/α,β-unsaturated/α-hetero) is 1. The first kappa shape index (κ1) is 26.0. The van der Waals surface area contributed by atoms with Crippen molar-refractivity contribution in [2.24, 2.45) is 11.3 Å². The van der Waals surface area contributed by atoms with Gasteiger partial charge >= 0.3 is 0 Å². The molecule has 0 spiro atoms. The molecule has 0 saturated carbocycles. The van der Waals surface area contributed by atoms with E-state index in [4.69, 9.17) is 4.98 Å². The summed E-state index contributed by atoms with van der Waals surface area (Å²) in [6.45, 7) is 7.36. The number of ketones is 1. The summed E-state index contributed by atoms with van der Waals surface area (Å²) < 4.78 is 1.78. The highest BCUT2D eigenvalue weighted by molar-refractivity contribution is 7.99. The average molecular weight is 553 g/mol. The molecule has 0 saturated heterocycles. The van der Waals surface area contributed by atoms with Gasteiger partial charge in [0.05, 0.1) is 17.7 Å². The fourth-order valence-electron chi connectivity index (χ4n) is 5.57. The quantitative estimate of drug-likeness (QED) is 0.123. The highest BCUT2D eigenvalue weighted by Gasteiger charge is 2.32. The zero-order valence-corrected chi connectivity index (χ0v) is 24.2. The van der Waals surface area contributed by atoms with Gasteiger partial charge in [-0.25, -0.2) is 4.98 Å². The molecule has 39 heavy (non-hydrogen) atoms. The number of carbonyl (C=O) groups is 1. The molecule has 5 aromatic rings. The number of fused-ring (bicyclic) bond motifs is 4. The predicted molar refractivity (Wildman–Crippen MR) is 163 cm³/mol. The molecule has 3 aromatic carbocycles. The molecule has 0 unspecified atom stereocenters. The van der Waals surface area contributed by atoms with Crippen LogP contribution in [0.4, 0.5) is 0 Å². The van der Waals surface area contributed by atoms with E-state index in [1.165, 1.54) is 22.2 Å². The summed E-state index contributed by atoms with van der Waals surface area (Å²) in [7, 11) is 0. The first-order valence-corrected chi connectivity index (χ1v) is 15.3. The van der Waals surface area contributed by atoms with Gasteiger partial charge in [0.15, 0.2) is 10.9 Å². The van der Waals surface area contributed by atoms with Gasteiger partial charge in [-0.15, -0.1) is 11.3 Å². The summed E-state index contributed by atoms with van der Waals surface area (Å²) in [5.41, 5.74) is 3.16. The Bertz CT molecular complexity index is 1750. The largest absolute Gasteiger partial charge is 0.293 e. The number of aromatic nitrogens is 2. The molecule has 0 amide bonds. The van der Waals surface area contributed by atoms with Crippen LogP contribution >= 0.6 is 23.1 Å². The summed E-state index contributed by atoms with van der Waals surface area (Å²) in [5, 5.41) is 3.55. The highest BCUT2D eigenvalue weighted by Crippen LogP contribution is 2.42. The SMILES string of the molecule is CC(C)(C)[C@H]1CCc2c(sc3nc(SCC(=O)c4ccc5ccccc5c4)n(Cc4ccccc4)c(=O)c23)C1. The van der Waals surface area contributed by atoms with Crippen LogP contribution in [0.2, 0.25) is 0 Å². The molecule has 2 aromatic heterocycles. The number of thiophene rings is 1. The second-order valence-corrected chi connectivity index (χ2v) is 13.6. The second kappa shape index (κ2) is 10.4. The van der Waals surface area contributed by atoms with Gasteiger partial charge in [-0.1, -0.05) is 99.3 Å². The van der Waals surface area contributed by atoms with Gasteiger partial charge in [0.2, 0.25) is 0 Å². The number of hydrogen-bond donors (Lipinski definition) is 0. The molecule has 6 heteroatoms. The van der Waals surface area contributed by atoms with Gasteiger partial charge in [0, 0.05) is 10.4 Å². The first-order chi connectivity index (χ1) is 18.8. The summed E-state index contributed by atoms with van der Waals surface area (Å²) in [4.78, 5) is 34.4. The number of aryl methyl sites for hydroxylation is 1. The number of thioether (sulfide) groups is 1. The van der Waals surface area contributed by atoms with Crippen LogP contribution in [-0.2, 0) is 19.4 Å². The minimum Gasteiger partial charge on any atom is -0.293 e. The van der Waals surface area contributed by atoms with Crippen molar-refractivity contribution in [1.29, 1.82) is 0 Å². The normalized spacial score (nSPS) is 15.5. The lowest BCUT2D eigenvalue weighted by atomic mass is 9.72. The number of hydrogen-bond acceptors (Lipinski definition) is 5. The molecular weight excluding hydrogens is 521 g/mol. The Kier molecular flexibility index (Phi) is 6.94. The van der Waals surface area contributed by atoms with E-state index in [0.29, 0.717) is 23.2 Å². The van der Waals surface area contributed by atoms with E-state index >= 15 is 0 Å². The van der Waals surface area contributed by atoms with Crippen LogP contribution in [0.15, 0.2) is 82.7 Å². The molecule has 6 rings (SSSR count). The topological polar surface area (TPSA) is 52.0 Å². The van der Waals surface area contributed by atoms with E-state index in [-0.39, 0.29) is 22.5 Å². The minimum absolute atomic E-state index is 0.0104. The van der Waals surface area contributed by atoms with E-state index in [0.717, 1.165) is 45.8 Å². The Labute approximate surface area is 237 Å². The predicted octanol–water partition coefficient (Wildman–Crippen LogP) is 7.79. The van der Waals surface area contributed by atoms with Crippen LogP contribution in [0.5, 0.6) is 0 Å². The maximum Gasteiger partial charge on any atom is 0.263 e. The summed E-state index contributed by atoms with van der Waals surface area (Å²) in [6.07, 6.45) is 3.02. The van der Waals surface area contributed by atoms with Crippen molar-refractivity contribution < 1.29 is 4.79 Å². The lowest BCUT2D eigenvalue weighted by Crippen LogP contribution is -2.27. The third kappa shape index (κ3) is 5.20. The molecule has 1 aliphatic rings. The van der Waals surface area contributed by atoms with Crippen LogP contribution in [-0.4, -0.2) is 21.1 Å². The van der Waals surface area contributed by atoms with E-state index in [9.17, 15) is 9.59 Å². The molecule has 0 radical (unpaired) electrons. The minimum atomic E-state index is 0.0104. The van der Waals surface area contributed by atoms with E-state index in [1.807, 2.05) is 72.8 Å². The third-order valence-electron chi connectivity index (χ3n) is 7.95. The van der Waals surface area contributed by atoms with Crippen LogP contribution in [0.3, 0.4) is 0 Å².